The Morgan fingerprint density at radius 1 is 1.15 bits per heavy atom. The Labute approximate surface area is 199 Å². The lowest BCUT2D eigenvalue weighted by Crippen LogP contribution is -2.28. The topological polar surface area (TPSA) is 126 Å². The molecule has 1 aromatic heterocycles. The SMILES string of the molecule is Cc1cc(NC(=O)CSc2nnc(C(C)NC(=O)c3ccccc3Cl)n2C)ccc1C(=O)O. The Morgan fingerprint density at radius 3 is 2.55 bits per heavy atom. The molecule has 0 aliphatic heterocycles. The zero-order valence-corrected chi connectivity index (χ0v) is 19.7. The van der Waals surface area contributed by atoms with Crippen LogP contribution in [-0.4, -0.2) is 43.4 Å². The van der Waals surface area contributed by atoms with Crippen LogP contribution in [0.25, 0.3) is 0 Å². The third-order valence-corrected chi connectivity index (χ3v) is 6.14. The summed E-state index contributed by atoms with van der Waals surface area (Å²) >= 11 is 7.27. The van der Waals surface area contributed by atoms with Crippen molar-refractivity contribution in [2.75, 3.05) is 11.1 Å². The van der Waals surface area contributed by atoms with Gasteiger partial charge in [0, 0.05) is 12.7 Å². The number of amides is 2. The predicted molar refractivity (Wildman–Crippen MR) is 126 cm³/mol. The zero-order chi connectivity index (χ0) is 24.1. The van der Waals surface area contributed by atoms with Gasteiger partial charge in [0.2, 0.25) is 5.91 Å². The van der Waals surface area contributed by atoms with Crippen molar-refractivity contribution in [3.05, 3.63) is 70.0 Å². The molecule has 33 heavy (non-hydrogen) atoms. The smallest absolute Gasteiger partial charge is 0.335 e. The second-order valence-corrected chi connectivity index (χ2v) is 8.60. The average molecular weight is 488 g/mol. The van der Waals surface area contributed by atoms with Crippen molar-refractivity contribution < 1.29 is 19.5 Å². The number of anilines is 1. The summed E-state index contributed by atoms with van der Waals surface area (Å²) in [6, 6.07) is 10.9. The molecule has 0 saturated carbocycles. The van der Waals surface area contributed by atoms with E-state index in [4.69, 9.17) is 16.7 Å². The van der Waals surface area contributed by atoms with Gasteiger partial charge in [0.05, 0.1) is 27.9 Å². The maximum atomic E-state index is 12.5. The van der Waals surface area contributed by atoms with Crippen molar-refractivity contribution in [1.29, 1.82) is 0 Å². The first kappa shape index (κ1) is 24.3. The highest BCUT2D eigenvalue weighted by atomic mass is 35.5. The minimum atomic E-state index is -1.02. The van der Waals surface area contributed by atoms with E-state index in [-0.39, 0.29) is 23.1 Å². The molecule has 0 spiro atoms. The Bertz CT molecular complexity index is 1210. The number of aromatic carboxylic acids is 1. The van der Waals surface area contributed by atoms with Gasteiger partial charge < -0.3 is 20.3 Å². The number of carboxylic acids is 1. The molecule has 11 heteroatoms. The van der Waals surface area contributed by atoms with E-state index in [0.717, 1.165) is 0 Å². The Morgan fingerprint density at radius 2 is 1.88 bits per heavy atom. The second kappa shape index (κ2) is 10.5. The van der Waals surface area contributed by atoms with Crippen LogP contribution >= 0.6 is 23.4 Å². The van der Waals surface area contributed by atoms with E-state index in [1.807, 2.05) is 0 Å². The maximum Gasteiger partial charge on any atom is 0.335 e. The molecule has 0 aliphatic carbocycles. The van der Waals surface area contributed by atoms with Gasteiger partial charge in [0.15, 0.2) is 11.0 Å². The number of nitrogens with one attached hydrogen (secondary N) is 2. The number of rotatable bonds is 8. The Kier molecular flexibility index (Phi) is 7.72. The number of thioether (sulfide) groups is 1. The van der Waals surface area contributed by atoms with Gasteiger partial charge >= 0.3 is 5.97 Å². The molecule has 0 aliphatic rings. The summed E-state index contributed by atoms with van der Waals surface area (Å²) < 4.78 is 1.71. The molecule has 0 fully saturated rings. The normalized spacial score (nSPS) is 11.6. The van der Waals surface area contributed by atoms with Crippen LogP contribution in [0, 0.1) is 6.92 Å². The maximum absolute atomic E-state index is 12.5. The number of aromatic nitrogens is 3. The van der Waals surface area contributed by atoms with E-state index in [9.17, 15) is 14.4 Å². The average Bonchev–Trinajstić information content (AvgIpc) is 3.12. The van der Waals surface area contributed by atoms with E-state index in [1.54, 1.807) is 61.9 Å². The zero-order valence-electron chi connectivity index (χ0n) is 18.1. The number of hydrogen-bond donors (Lipinski definition) is 3. The molecule has 1 unspecified atom stereocenters. The van der Waals surface area contributed by atoms with E-state index < -0.39 is 12.0 Å². The van der Waals surface area contributed by atoms with Crippen LogP contribution in [0.5, 0.6) is 0 Å². The number of carbonyl (C=O) groups is 3. The number of halogens is 1. The minimum Gasteiger partial charge on any atom is -0.478 e. The summed E-state index contributed by atoms with van der Waals surface area (Å²) in [5.41, 5.74) is 1.62. The molecule has 0 saturated heterocycles. The number of carboxylic acid groups (broad SMARTS) is 1. The molecule has 1 atom stereocenters. The van der Waals surface area contributed by atoms with Crippen molar-refractivity contribution in [1.82, 2.24) is 20.1 Å². The third-order valence-electron chi connectivity index (χ3n) is 4.79. The predicted octanol–water partition coefficient (Wildman–Crippen LogP) is 3.70. The molecule has 0 radical (unpaired) electrons. The second-order valence-electron chi connectivity index (χ2n) is 7.25. The summed E-state index contributed by atoms with van der Waals surface area (Å²) in [5.74, 6) is -1.01. The fraction of sp³-hybridized carbons (Fsp3) is 0.227. The van der Waals surface area contributed by atoms with Crippen LogP contribution in [-0.2, 0) is 11.8 Å². The Hall–Kier alpha value is -3.37. The molecule has 3 aromatic rings. The molecule has 1 heterocycles. The van der Waals surface area contributed by atoms with Gasteiger partial charge in [-0.2, -0.15) is 0 Å². The van der Waals surface area contributed by atoms with Gasteiger partial charge in [0.25, 0.3) is 5.91 Å². The molecule has 3 rings (SSSR count). The van der Waals surface area contributed by atoms with Crippen LogP contribution in [0.3, 0.4) is 0 Å². The fourth-order valence-electron chi connectivity index (χ4n) is 3.12. The van der Waals surface area contributed by atoms with Crippen molar-refractivity contribution in [2.45, 2.75) is 25.0 Å². The van der Waals surface area contributed by atoms with Crippen LogP contribution < -0.4 is 10.6 Å². The first-order valence-electron chi connectivity index (χ1n) is 9.88. The lowest BCUT2D eigenvalue weighted by molar-refractivity contribution is -0.113. The molecule has 172 valence electrons. The Balaban J connectivity index is 1.59. The molecular formula is C22H22ClN5O4S. The summed E-state index contributed by atoms with van der Waals surface area (Å²) in [4.78, 5) is 35.9. The van der Waals surface area contributed by atoms with Crippen molar-refractivity contribution in [3.63, 3.8) is 0 Å². The van der Waals surface area contributed by atoms with Gasteiger partial charge in [-0.15, -0.1) is 10.2 Å². The van der Waals surface area contributed by atoms with Gasteiger partial charge in [-0.05, 0) is 49.7 Å². The molecule has 2 aromatic carbocycles. The van der Waals surface area contributed by atoms with E-state index in [1.165, 1.54) is 17.8 Å². The van der Waals surface area contributed by atoms with Gasteiger partial charge in [-0.3, -0.25) is 9.59 Å². The molecule has 9 nitrogen and oxygen atoms in total. The number of aryl methyl sites for hydroxylation is 1. The highest BCUT2D eigenvalue weighted by Crippen LogP contribution is 2.21. The summed E-state index contributed by atoms with van der Waals surface area (Å²) in [5, 5.41) is 23.8. The lowest BCUT2D eigenvalue weighted by Gasteiger charge is -2.14. The van der Waals surface area contributed by atoms with Gasteiger partial charge in [-0.25, -0.2) is 4.79 Å². The van der Waals surface area contributed by atoms with Crippen molar-refractivity contribution in [2.24, 2.45) is 7.05 Å². The van der Waals surface area contributed by atoms with Crippen LogP contribution in [0.2, 0.25) is 5.02 Å². The highest BCUT2D eigenvalue weighted by Gasteiger charge is 2.20. The number of carbonyl (C=O) groups excluding carboxylic acids is 2. The largest absolute Gasteiger partial charge is 0.478 e. The monoisotopic (exact) mass is 487 g/mol. The van der Waals surface area contributed by atoms with E-state index in [0.29, 0.717) is 32.8 Å². The standard InChI is InChI=1S/C22H22ClN5O4S/c1-12-10-14(8-9-15(12)21(31)32)25-18(29)11-33-22-27-26-19(28(22)3)13(2)24-20(30)16-6-4-5-7-17(16)23/h4-10,13H,11H2,1-3H3,(H,24,30)(H,25,29)(H,31,32). The van der Waals surface area contributed by atoms with Gasteiger partial charge in [-0.1, -0.05) is 35.5 Å². The molecular weight excluding hydrogens is 466 g/mol. The first-order valence-corrected chi connectivity index (χ1v) is 11.2. The minimum absolute atomic E-state index is 0.0755. The van der Waals surface area contributed by atoms with Crippen LogP contribution in [0.4, 0.5) is 5.69 Å². The van der Waals surface area contributed by atoms with Crippen LogP contribution in [0.1, 0.15) is 45.1 Å². The lowest BCUT2D eigenvalue weighted by atomic mass is 10.1. The van der Waals surface area contributed by atoms with E-state index >= 15 is 0 Å². The molecule has 3 N–H and O–H groups in total. The number of hydrogen-bond acceptors (Lipinski definition) is 6. The van der Waals surface area contributed by atoms with E-state index in [2.05, 4.69) is 20.8 Å². The number of nitrogens with zero attached hydrogens (tertiary/aromatic N) is 3. The molecule has 2 amide bonds. The summed E-state index contributed by atoms with van der Waals surface area (Å²) in [6.45, 7) is 3.45. The number of benzene rings is 2. The summed E-state index contributed by atoms with van der Waals surface area (Å²) in [6.07, 6.45) is 0. The first-order chi connectivity index (χ1) is 15.7. The third kappa shape index (κ3) is 5.91. The van der Waals surface area contributed by atoms with Crippen LogP contribution in [0.15, 0.2) is 47.6 Å². The van der Waals surface area contributed by atoms with Crippen molar-refractivity contribution >= 4 is 46.8 Å². The molecule has 0 bridgehead atoms. The van der Waals surface area contributed by atoms with Crippen molar-refractivity contribution in [3.8, 4) is 0 Å². The summed E-state index contributed by atoms with van der Waals surface area (Å²) in [7, 11) is 1.75. The quantitative estimate of drug-likeness (QED) is 0.413. The fourth-order valence-corrected chi connectivity index (χ4v) is 4.06. The van der Waals surface area contributed by atoms with Gasteiger partial charge in [0.1, 0.15) is 0 Å². The highest BCUT2D eigenvalue weighted by molar-refractivity contribution is 7.99.